The molecule has 4 nitrogen and oxygen atoms in total. The Kier molecular flexibility index (Phi) is 4.20. The van der Waals surface area contributed by atoms with Crippen LogP contribution in [0.2, 0.25) is 0 Å². The number of nitrogens with zero attached hydrogens (tertiary/aromatic N) is 1. The minimum Gasteiger partial charge on any atom is -0.383 e. The standard InChI is InChI=1S/C13H12N2O2S2/c14-9-11-1-3-13(4-2-11)19(16,17)8-6-15-12-5-7-18-10-12/h1-5,7,10,15H,6,8H2. The van der Waals surface area contributed by atoms with Gasteiger partial charge in [-0.25, -0.2) is 8.42 Å². The summed E-state index contributed by atoms with van der Waals surface area (Å²) in [5, 5.41) is 15.6. The van der Waals surface area contributed by atoms with E-state index in [4.69, 9.17) is 5.26 Å². The minimum atomic E-state index is -3.31. The van der Waals surface area contributed by atoms with Crippen LogP contribution in [0.5, 0.6) is 0 Å². The van der Waals surface area contributed by atoms with Crippen molar-refractivity contribution < 1.29 is 8.42 Å². The van der Waals surface area contributed by atoms with Crippen LogP contribution >= 0.6 is 11.3 Å². The summed E-state index contributed by atoms with van der Waals surface area (Å²) < 4.78 is 24.1. The maximum Gasteiger partial charge on any atom is 0.180 e. The van der Waals surface area contributed by atoms with Crippen LogP contribution in [0.4, 0.5) is 5.69 Å². The van der Waals surface area contributed by atoms with Gasteiger partial charge < -0.3 is 5.32 Å². The second-order valence-corrected chi connectivity index (χ2v) is 6.78. The maximum absolute atomic E-state index is 12.0. The van der Waals surface area contributed by atoms with Crippen LogP contribution in [0.1, 0.15) is 5.56 Å². The summed E-state index contributed by atoms with van der Waals surface area (Å²) in [4.78, 5) is 0.249. The number of nitrogens with one attached hydrogen (secondary N) is 1. The van der Waals surface area contributed by atoms with Gasteiger partial charge in [0.25, 0.3) is 0 Å². The van der Waals surface area contributed by atoms with Gasteiger partial charge >= 0.3 is 0 Å². The average molecular weight is 292 g/mol. The van der Waals surface area contributed by atoms with Crippen LogP contribution in [-0.2, 0) is 9.84 Å². The lowest BCUT2D eigenvalue weighted by atomic mass is 10.2. The molecule has 1 N–H and O–H groups in total. The van der Waals surface area contributed by atoms with E-state index in [2.05, 4.69) is 5.32 Å². The number of anilines is 1. The highest BCUT2D eigenvalue weighted by Crippen LogP contribution is 2.14. The molecule has 0 saturated carbocycles. The minimum absolute atomic E-state index is 0.0226. The molecule has 0 saturated heterocycles. The molecule has 0 fully saturated rings. The Hall–Kier alpha value is -1.84. The summed E-state index contributed by atoms with van der Waals surface area (Å²) in [6, 6.07) is 9.83. The van der Waals surface area contributed by atoms with Crippen molar-refractivity contribution in [2.24, 2.45) is 0 Å². The fourth-order valence-electron chi connectivity index (χ4n) is 1.55. The Morgan fingerprint density at radius 1 is 1.21 bits per heavy atom. The van der Waals surface area contributed by atoms with Gasteiger partial charge in [-0.1, -0.05) is 0 Å². The van der Waals surface area contributed by atoms with Crippen molar-refractivity contribution >= 4 is 26.9 Å². The van der Waals surface area contributed by atoms with E-state index in [0.29, 0.717) is 12.1 Å². The zero-order valence-corrected chi connectivity index (χ0v) is 11.7. The monoisotopic (exact) mass is 292 g/mol. The van der Waals surface area contributed by atoms with Gasteiger partial charge in [-0.15, -0.1) is 0 Å². The number of nitriles is 1. The van der Waals surface area contributed by atoms with Crippen molar-refractivity contribution in [1.29, 1.82) is 5.26 Å². The molecular weight excluding hydrogens is 280 g/mol. The number of hydrogen-bond acceptors (Lipinski definition) is 5. The van der Waals surface area contributed by atoms with Crippen molar-refractivity contribution in [2.75, 3.05) is 17.6 Å². The molecule has 0 spiro atoms. The topological polar surface area (TPSA) is 70.0 Å². The van der Waals surface area contributed by atoms with Crippen molar-refractivity contribution in [3.05, 3.63) is 46.7 Å². The largest absolute Gasteiger partial charge is 0.383 e. The molecule has 0 radical (unpaired) electrons. The van der Waals surface area contributed by atoms with Gasteiger partial charge in [-0.2, -0.15) is 16.6 Å². The summed E-state index contributed by atoms with van der Waals surface area (Å²) in [6.07, 6.45) is 0. The maximum atomic E-state index is 12.0. The SMILES string of the molecule is N#Cc1ccc(S(=O)(=O)CCNc2ccsc2)cc1. The summed E-state index contributed by atoms with van der Waals surface area (Å²) in [6.45, 7) is 0.360. The predicted octanol–water partition coefficient (Wildman–Crippen LogP) is 2.51. The molecule has 0 aliphatic heterocycles. The van der Waals surface area contributed by atoms with Crippen molar-refractivity contribution in [1.82, 2.24) is 0 Å². The Morgan fingerprint density at radius 2 is 1.95 bits per heavy atom. The first-order valence-corrected chi connectivity index (χ1v) is 8.20. The number of thiophene rings is 1. The molecule has 0 aliphatic carbocycles. The fourth-order valence-corrected chi connectivity index (χ4v) is 3.32. The summed E-state index contributed by atoms with van der Waals surface area (Å²) in [5.41, 5.74) is 1.38. The summed E-state index contributed by atoms with van der Waals surface area (Å²) in [5.74, 6) is 0.0226. The molecule has 1 aromatic heterocycles. The molecule has 98 valence electrons. The van der Waals surface area contributed by atoms with Gasteiger partial charge in [-0.05, 0) is 35.7 Å². The lowest BCUT2D eigenvalue weighted by molar-refractivity contribution is 0.596. The van der Waals surface area contributed by atoms with E-state index in [1.54, 1.807) is 11.3 Å². The third kappa shape index (κ3) is 3.56. The Morgan fingerprint density at radius 3 is 2.53 bits per heavy atom. The van der Waals surface area contributed by atoms with Crippen LogP contribution in [-0.4, -0.2) is 20.7 Å². The van der Waals surface area contributed by atoms with Crippen LogP contribution in [0.15, 0.2) is 46.0 Å². The fraction of sp³-hybridized carbons (Fsp3) is 0.154. The molecule has 0 amide bonds. The van der Waals surface area contributed by atoms with Crippen molar-refractivity contribution in [3.8, 4) is 6.07 Å². The van der Waals surface area contributed by atoms with E-state index in [9.17, 15) is 8.42 Å². The Bertz CT molecular complexity index is 668. The molecule has 0 atom stereocenters. The smallest absolute Gasteiger partial charge is 0.180 e. The molecule has 1 heterocycles. The average Bonchev–Trinajstić information content (AvgIpc) is 2.92. The van der Waals surface area contributed by atoms with Crippen LogP contribution in [0.25, 0.3) is 0 Å². The number of benzene rings is 1. The van der Waals surface area contributed by atoms with Crippen LogP contribution < -0.4 is 5.32 Å². The molecule has 0 aliphatic rings. The molecule has 0 bridgehead atoms. The van der Waals surface area contributed by atoms with E-state index in [0.717, 1.165) is 5.69 Å². The molecule has 2 rings (SSSR count). The van der Waals surface area contributed by atoms with E-state index >= 15 is 0 Å². The molecule has 2 aromatic rings. The van der Waals surface area contributed by atoms with Gasteiger partial charge in [0, 0.05) is 17.6 Å². The van der Waals surface area contributed by atoms with Crippen molar-refractivity contribution in [3.63, 3.8) is 0 Å². The van der Waals surface area contributed by atoms with Crippen LogP contribution in [0, 0.1) is 11.3 Å². The second kappa shape index (κ2) is 5.87. The van der Waals surface area contributed by atoms with Gasteiger partial charge in [0.05, 0.1) is 22.3 Å². The molecular formula is C13H12N2O2S2. The third-order valence-electron chi connectivity index (χ3n) is 2.56. The van der Waals surface area contributed by atoms with E-state index < -0.39 is 9.84 Å². The third-order valence-corrected chi connectivity index (χ3v) is 4.98. The lowest BCUT2D eigenvalue weighted by Crippen LogP contribution is -2.15. The number of rotatable bonds is 5. The highest BCUT2D eigenvalue weighted by molar-refractivity contribution is 7.91. The van der Waals surface area contributed by atoms with E-state index in [1.807, 2.05) is 22.9 Å². The number of hydrogen-bond donors (Lipinski definition) is 1. The zero-order chi connectivity index (χ0) is 13.7. The first-order chi connectivity index (χ1) is 9.12. The highest BCUT2D eigenvalue weighted by Gasteiger charge is 2.13. The summed E-state index contributed by atoms with van der Waals surface area (Å²) in [7, 11) is -3.31. The Balaban J connectivity index is 1.99. The molecule has 6 heteroatoms. The molecule has 1 aromatic carbocycles. The lowest BCUT2D eigenvalue weighted by Gasteiger charge is -2.06. The van der Waals surface area contributed by atoms with E-state index in [-0.39, 0.29) is 10.6 Å². The van der Waals surface area contributed by atoms with Crippen molar-refractivity contribution in [2.45, 2.75) is 4.90 Å². The second-order valence-electron chi connectivity index (χ2n) is 3.89. The predicted molar refractivity (Wildman–Crippen MR) is 76.0 cm³/mol. The molecule has 0 unspecified atom stereocenters. The Labute approximate surface area is 116 Å². The number of sulfone groups is 1. The van der Waals surface area contributed by atoms with Gasteiger partial charge in [-0.3, -0.25) is 0 Å². The highest BCUT2D eigenvalue weighted by atomic mass is 32.2. The van der Waals surface area contributed by atoms with E-state index in [1.165, 1.54) is 24.3 Å². The summed E-state index contributed by atoms with van der Waals surface area (Å²) >= 11 is 1.56. The van der Waals surface area contributed by atoms with Gasteiger partial charge in [0.1, 0.15) is 0 Å². The quantitative estimate of drug-likeness (QED) is 0.919. The molecule has 19 heavy (non-hydrogen) atoms. The zero-order valence-electron chi connectivity index (χ0n) is 10.0. The van der Waals surface area contributed by atoms with Gasteiger partial charge in [0.2, 0.25) is 0 Å². The van der Waals surface area contributed by atoms with Crippen LogP contribution in [0.3, 0.4) is 0 Å². The first kappa shape index (κ1) is 13.6. The first-order valence-electron chi connectivity index (χ1n) is 5.61. The van der Waals surface area contributed by atoms with Gasteiger partial charge in [0.15, 0.2) is 9.84 Å². The normalized spacial score (nSPS) is 10.9.